The lowest BCUT2D eigenvalue weighted by atomic mass is 10.2. The molecule has 4 aromatic rings. The zero-order chi connectivity index (χ0) is 21.1. The Labute approximate surface area is 182 Å². The lowest BCUT2D eigenvalue weighted by Gasteiger charge is -2.11. The predicted octanol–water partition coefficient (Wildman–Crippen LogP) is 5.46. The molecular formula is C22H18ClFN4OS. The average Bonchev–Trinajstić information content (AvgIpc) is 3.07. The van der Waals surface area contributed by atoms with Crippen LogP contribution in [0.5, 0.6) is 0 Å². The average molecular weight is 441 g/mol. The number of anilines is 1. The summed E-state index contributed by atoms with van der Waals surface area (Å²) in [4.78, 5) is 21.5. The quantitative estimate of drug-likeness (QED) is 0.404. The molecule has 1 amide bonds. The summed E-state index contributed by atoms with van der Waals surface area (Å²) in [7, 11) is 0. The van der Waals surface area contributed by atoms with Gasteiger partial charge < -0.3 is 9.88 Å². The van der Waals surface area contributed by atoms with E-state index < -0.39 is 0 Å². The third kappa shape index (κ3) is 4.63. The first-order chi connectivity index (χ1) is 14.5. The van der Waals surface area contributed by atoms with Gasteiger partial charge in [0.15, 0.2) is 5.16 Å². The Morgan fingerprint density at radius 2 is 2.00 bits per heavy atom. The van der Waals surface area contributed by atoms with E-state index in [2.05, 4.69) is 15.3 Å². The Morgan fingerprint density at radius 3 is 2.77 bits per heavy atom. The van der Waals surface area contributed by atoms with Crippen molar-refractivity contribution in [3.05, 3.63) is 82.9 Å². The molecule has 0 aliphatic rings. The Kier molecular flexibility index (Phi) is 6.01. The van der Waals surface area contributed by atoms with Gasteiger partial charge in [-0.1, -0.05) is 41.6 Å². The van der Waals surface area contributed by atoms with E-state index in [4.69, 9.17) is 11.6 Å². The monoisotopic (exact) mass is 440 g/mol. The summed E-state index contributed by atoms with van der Waals surface area (Å²) in [6, 6.07) is 13.6. The molecular weight excluding hydrogens is 423 g/mol. The normalized spacial score (nSPS) is 11.0. The summed E-state index contributed by atoms with van der Waals surface area (Å²) < 4.78 is 15.0. The number of nitrogens with one attached hydrogen (secondary N) is 1. The van der Waals surface area contributed by atoms with Crippen LogP contribution in [0.3, 0.4) is 0 Å². The van der Waals surface area contributed by atoms with Crippen molar-refractivity contribution >= 4 is 46.0 Å². The second-order valence-corrected chi connectivity index (χ2v) is 8.14. The molecule has 2 aromatic carbocycles. The highest BCUT2D eigenvalue weighted by atomic mass is 35.5. The van der Waals surface area contributed by atoms with Crippen molar-refractivity contribution in [3.8, 4) is 0 Å². The van der Waals surface area contributed by atoms with Gasteiger partial charge in [0, 0.05) is 11.9 Å². The number of halogens is 2. The van der Waals surface area contributed by atoms with Crippen LogP contribution >= 0.6 is 23.4 Å². The number of pyridine rings is 1. The summed E-state index contributed by atoms with van der Waals surface area (Å²) in [5.74, 6) is 0.114. The van der Waals surface area contributed by atoms with E-state index in [9.17, 15) is 9.18 Å². The van der Waals surface area contributed by atoms with E-state index >= 15 is 0 Å². The summed E-state index contributed by atoms with van der Waals surface area (Å²) >= 11 is 7.72. The van der Waals surface area contributed by atoms with Crippen molar-refractivity contribution in [2.75, 3.05) is 5.32 Å². The molecule has 0 saturated heterocycles. The molecule has 152 valence electrons. The molecule has 30 heavy (non-hydrogen) atoms. The molecule has 2 heterocycles. The third-order valence-corrected chi connectivity index (χ3v) is 5.86. The number of amides is 1. The van der Waals surface area contributed by atoms with Crippen molar-refractivity contribution in [2.24, 2.45) is 0 Å². The van der Waals surface area contributed by atoms with Crippen LogP contribution in [0, 0.1) is 12.7 Å². The van der Waals surface area contributed by atoms with Gasteiger partial charge in [-0.05, 0) is 48.4 Å². The van der Waals surface area contributed by atoms with Gasteiger partial charge in [0.2, 0.25) is 5.91 Å². The number of aryl methyl sites for hydroxylation is 1. The van der Waals surface area contributed by atoms with Gasteiger partial charge in [-0.15, -0.1) is 0 Å². The van der Waals surface area contributed by atoms with Gasteiger partial charge in [0.1, 0.15) is 12.4 Å². The van der Waals surface area contributed by atoms with Gasteiger partial charge in [0.25, 0.3) is 0 Å². The summed E-state index contributed by atoms with van der Waals surface area (Å²) in [6.07, 6.45) is 3.36. The van der Waals surface area contributed by atoms with E-state index in [1.807, 2.05) is 23.6 Å². The Hall–Kier alpha value is -2.90. The minimum Gasteiger partial charge on any atom is -0.323 e. The fourth-order valence-electron chi connectivity index (χ4n) is 2.99. The van der Waals surface area contributed by atoms with E-state index in [0.717, 1.165) is 22.2 Å². The van der Waals surface area contributed by atoms with Gasteiger partial charge >= 0.3 is 0 Å². The van der Waals surface area contributed by atoms with Gasteiger partial charge in [-0.3, -0.25) is 9.78 Å². The fraction of sp³-hybridized carbons (Fsp3) is 0.136. The molecule has 8 heteroatoms. The Morgan fingerprint density at radius 1 is 1.20 bits per heavy atom. The standard InChI is InChI=1S/C22H18ClFN4OS/c1-14-2-7-18(17(23)10-14)26-21(29)12-28-20-11-25-9-8-19(20)27-22(28)30-13-15-3-5-16(24)6-4-15/h2-11H,12-13H2,1H3,(H,26,29). The number of carbonyl (C=O) groups excluding carboxylic acids is 1. The van der Waals surface area contributed by atoms with Crippen molar-refractivity contribution < 1.29 is 9.18 Å². The topological polar surface area (TPSA) is 59.8 Å². The van der Waals surface area contributed by atoms with Crippen LogP contribution in [0.25, 0.3) is 11.0 Å². The van der Waals surface area contributed by atoms with Crippen LogP contribution in [0.15, 0.2) is 66.1 Å². The molecule has 0 atom stereocenters. The SMILES string of the molecule is Cc1ccc(NC(=O)Cn2c(SCc3ccc(F)cc3)nc3ccncc32)c(Cl)c1. The summed E-state index contributed by atoms with van der Waals surface area (Å²) in [5, 5.41) is 4.04. The van der Waals surface area contributed by atoms with Crippen LogP contribution in [0.4, 0.5) is 10.1 Å². The van der Waals surface area contributed by atoms with Gasteiger partial charge in [0.05, 0.1) is 27.9 Å². The van der Waals surface area contributed by atoms with Crippen LogP contribution in [0.2, 0.25) is 5.02 Å². The molecule has 4 rings (SSSR count). The first kappa shape index (κ1) is 20.4. The van der Waals surface area contributed by atoms with Gasteiger partial charge in [-0.25, -0.2) is 9.37 Å². The number of thioether (sulfide) groups is 1. The van der Waals surface area contributed by atoms with E-state index in [1.54, 1.807) is 36.7 Å². The van der Waals surface area contributed by atoms with Crippen LogP contribution in [-0.4, -0.2) is 20.4 Å². The minimum absolute atomic E-state index is 0.0676. The van der Waals surface area contributed by atoms with Crippen molar-refractivity contribution in [2.45, 2.75) is 24.4 Å². The predicted molar refractivity (Wildman–Crippen MR) is 118 cm³/mol. The molecule has 0 saturated carbocycles. The number of imidazole rings is 1. The van der Waals surface area contributed by atoms with Crippen LogP contribution in [0.1, 0.15) is 11.1 Å². The number of carbonyl (C=O) groups is 1. The molecule has 0 aliphatic carbocycles. The highest BCUT2D eigenvalue weighted by molar-refractivity contribution is 7.98. The van der Waals surface area contributed by atoms with E-state index in [1.165, 1.54) is 23.9 Å². The Balaban J connectivity index is 1.56. The number of hydrogen-bond acceptors (Lipinski definition) is 4. The van der Waals surface area contributed by atoms with E-state index in [-0.39, 0.29) is 18.3 Å². The van der Waals surface area contributed by atoms with E-state index in [0.29, 0.717) is 21.6 Å². The minimum atomic E-state index is -0.270. The molecule has 0 unspecified atom stereocenters. The second-order valence-electron chi connectivity index (χ2n) is 6.79. The largest absolute Gasteiger partial charge is 0.323 e. The second kappa shape index (κ2) is 8.85. The van der Waals surface area contributed by atoms with Crippen molar-refractivity contribution in [1.29, 1.82) is 0 Å². The zero-order valence-electron chi connectivity index (χ0n) is 16.1. The van der Waals surface area contributed by atoms with Crippen LogP contribution in [-0.2, 0) is 17.1 Å². The van der Waals surface area contributed by atoms with Crippen molar-refractivity contribution in [3.63, 3.8) is 0 Å². The molecule has 5 nitrogen and oxygen atoms in total. The lowest BCUT2D eigenvalue weighted by molar-refractivity contribution is -0.116. The number of fused-ring (bicyclic) bond motifs is 1. The maximum absolute atomic E-state index is 13.1. The van der Waals surface area contributed by atoms with Crippen LogP contribution < -0.4 is 5.32 Å². The smallest absolute Gasteiger partial charge is 0.244 e. The molecule has 1 N–H and O–H groups in total. The fourth-order valence-corrected chi connectivity index (χ4v) is 4.25. The first-order valence-electron chi connectivity index (χ1n) is 9.23. The first-order valence-corrected chi connectivity index (χ1v) is 10.6. The number of nitrogens with zero attached hydrogens (tertiary/aromatic N) is 3. The third-order valence-electron chi connectivity index (χ3n) is 4.50. The Bertz CT molecular complexity index is 1210. The van der Waals surface area contributed by atoms with Crippen molar-refractivity contribution in [1.82, 2.24) is 14.5 Å². The molecule has 0 spiro atoms. The van der Waals surface area contributed by atoms with Gasteiger partial charge in [-0.2, -0.15) is 0 Å². The molecule has 0 aliphatic heterocycles. The maximum atomic E-state index is 13.1. The highest BCUT2D eigenvalue weighted by Crippen LogP contribution is 2.27. The zero-order valence-corrected chi connectivity index (χ0v) is 17.7. The summed E-state index contributed by atoms with van der Waals surface area (Å²) in [6.45, 7) is 2.00. The molecule has 0 fully saturated rings. The highest BCUT2D eigenvalue weighted by Gasteiger charge is 2.15. The molecule has 0 bridgehead atoms. The number of aromatic nitrogens is 3. The number of rotatable bonds is 6. The maximum Gasteiger partial charge on any atom is 0.244 e. The molecule has 2 aromatic heterocycles. The molecule has 0 radical (unpaired) electrons. The number of benzene rings is 2. The lowest BCUT2D eigenvalue weighted by Crippen LogP contribution is -2.19. The number of hydrogen-bond donors (Lipinski definition) is 1. The summed E-state index contributed by atoms with van der Waals surface area (Å²) in [5.41, 5.74) is 4.07.